The lowest BCUT2D eigenvalue weighted by Crippen LogP contribution is -2.04. The predicted octanol–water partition coefficient (Wildman–Crippen LogP) is 1.22. The first-order valence-electron chi connectivity index (χ1n) is 5.15. The maximum atomic E-state index is 14.2. The molecular formula is C10F2N4O3S. The molecule has 0 bridgehead atoms. The second-order valence-corrected chi connectivity index (χ2v) is 4.41. The van der Waals surface area contributed by atoms with Gasteiger partial charge < -0.3 is 4.74 Å². The van der Waals surface area contributed by atoms with Crippen LogP contribution in [0, 0.1) is 11.6 Å². The van der Waals surface area contributed by atoms with Crippen molar-refractivity contribution in [3.8, 4) is 0 Å². The number of ether oxygens (including phenoxy) is 1. The Hall–Kier alpha value is -2.62. The maximum Gasteiger partial charge on any atom is 0.367 e. The zero-order chi connectivity index (χ0) is 14.0. The molecule has 1 aromatic carbocycles. The van der Waals surface area contributed by atoms with E-state index in [-0.39, 0.29) is 11.0 Å². The van der Waals surface area contributed by atoms with E-state index >= 15 is 0 Å². The van der Waals surface area contributed by atoms with E-state index in [9.17, 15) is 18.4 Å². The van der Waals surface area contributed by atoms with Gasteiger partial charge in [0.15, 0.2) is 23.0 Å². The molecule has 0 radical (unpaired) electrons. The van der Waals surface area contributed by atoms with E-state index in [1.54, 1.807) is 0 Å². The van der Waals surface area contributed by atoms with Gasteiger partial charge in [-0.3, -0.25) is 0 Å². The molecule has 10 heteroatoms. The Morgan fingerprint density at radius 3 is 1.70 bits per heavy atom. The monoisotopic (exact) mass is 294 g/mol. The Morgan fingerprint density at radius 1 is 0.800 bits per heavy atom. The largest absolute Gasteiger partial charge is 0.383 e. The summed E-state index contributed by atoms with van der Waals surface area (Å²) >= 11 is 0.627. The van der Waals surface area contributed by atoms with Crippen molar-refractivity contribution in [2.45, 2.75) is 0 Å². The Labute approximate surface area is 111 Å². The van der Waals surface area contributed by atoms with Crippen LogP contribution in [0.3, 0.4) is 0 Å². The van der Waals surface area contributed by atoms with Crippen LogP contribution in [0.25, 0.3) is 22.1 Å². The van der Waals surface area contributed by atoms with Crippen molar-refractivity contribution >= 4 is 45.7 Å². The Morgan fingerprint density at radius 2 is 1.25 bits per heavy atom. The van der Waals surface area contributed by atoms with E-state index < -0.39 is 46.0 Å². The number of carbonyl (C=O) groups excluding carboxylic acids is 2. The van der Waals surface area contributed by atoms with Gasteiger partial charge in [0.25, 0.3) is 0 Å². The van der Waals surface area contributed by atoms with Gasteiger partial charge in [0, 0.05) is 0 Å². The summed E-state index contributed by atoms with van der Waals surface area (Å²) in [6.07, 6.45) is 0. The third kappa shape index (κ3) is 1.20. The number of aromatic nitrogens is 4. The van der Waals surface area contributed by atoms with Crippen LogP contribution in [0.5, 0.6) is 0 Å². The summed E-state index contributed by atoms with van der Waals surface area (Å²) in [5.41, 5.74) is -2.47. The summed E-state index contributed by atoms with van der Waals surface area (Å²) in [6.45, 7) is 0. The fraction of sp³-hybridized carbons (Fsp3) is 0. The standard InChI is InChI=1S/C10F2N4O3S/c11-1-3-4(2(12)6-5(1)15-20-16-6)14-8-7(13-3)9(17)19-10(8)18. The number of nitrogens with zero attached hydrogens (tertiary/aromatic N) is 4. The van der Waals surface area contributed by atoms with Crippen LogP contribution in [0.4, 0.5) is 8.78 Å². The summed E-state index contributed by atoms with van der Waals surface area (Å²) in [5.74, 6) is -3.99. The summed E-state index contributed by atoms with van der Waals surface area (Å²) in [5, 5.41) is 0. The number of rotatable bonds is 0. The summed E-state index contributed by atoms with van der Waals surface area (Å²) < 4.78 is 39.9. The molecule has 0 aliphatic carbocycles. The molecule has 0 N–H and O–H groups in total. The van der Waals surface area contributed by atoms with E-state index in [1.807, 2.05) is 0 Å². The fourth-order valence-corrected chi connectivity index (χ4v) is 2.45. The topological polar surface area (TPSA) is 94.9 Å². The number of carbonyl (C=O) groups is 2. The lowest BCUT2D eigenvalue weighted by atomic mass is 10.2. The maximum absolute atomic E-state index is 14.2. The molecule has 4 rings (SSSR count). The van der Waals surface area contributed by atoms with E-state index in [4.69, 9.17) is 0 Å². The molecule has 0 saturated heterocycles. The van der Waals surface area contributed by atoms with Gasteiger partial charge >= 0.3 is 11.9 Å². The van der Waals surface area contributed by atoms with Crippen LogP contribution >= 0.6 is 11.7 Å². The van der Waals surface area contributed by atoms with Gasteiger partial charge in [-0.15, -0.1) is 0 Å². The van der Waals surface area contributed by atoms with Crippen molar-refractivity contribution in [2.24, 2.45) is 0 Å². The molecule has 3 aromatic rings. The van der Waals surface area contributed by atoms with Gasteiger partial charge in [-0.2, -0.15) is 8.75 Å². The van der Waals surface area contributed by atoms with Crippen molar-refractivity contribution in [1.82, 2.24) is 18.7 Å². The normalized spacial score (nSPS) is 14.1. The average Bonchev–Trinajstić information content (AvgIpc) is 3.01. The first kappa shape index (κ1) is 11.2. The molecule has 1 aliphatic heterocycles. The highest BCUT2D eigenvalue weighted by molar-refractivity contribution is 7.00. The number of cyclic esters (lactones) is 2. The minimum absolute atomic E-state index is 0.299. The van der Waals surface area contributed by atoms with Crippen LogP contribution in [0.15, 0.2) is 0 Å². The molecule has 0 spiro atoms. The van der Waals surface area contributed by atoms with Gasteiger partial charge in [-0.25, -0.2) is 28.3 Å². The summed E-state index contributed by atoms with van der Waals surface area (Å²) in [4.78, 5) is 30.0. The van der Waals surface area contributed by atoms with E-state index in [2.05, 4.69) is 23.5 Å². The van der Waals surface area contributed by atoms with Crippen LogP contribution in [-0.2, 0) is 4.74 Å². The summed E-state index contributed by atoms with van der Waals surface area (Å²) in [7, 11) is 0. The molecule has 2 aromatic heterocycles. The van der Waals surface area contributed by atoms with E-state index in [1.165, 1.54) is 0 Å². The third-order valence-corrected chi connectivity index (χ3v) is 3.32. The zero-order valence-corrected chi connectivity index (χ0v) is 9.99. The minimum atomic E-state index is -1.05. The van der Waals surface area contributed by atoms with Crippen LogP contribution in [-0.4, -0.2) is 30.7 Å². The Bertz CT molecular complexity index is 881. The highest BCUT2D eigenvalue weighted by Gasteiger charge is 2.35. The van der Waals surface area contributed by atoms with Crippen molar-refractivity contribution in [2.75, 3.05) is 0 Å². The second kappa shape index (κ2) is 3.48. The van der Waals surface area contributed by atoms with Gasteiger partial charge in [0.1, 0.15) is 22.1 Å². The van der Waals surface area contributed by atoms with E-state index in [0.29, 0.717) is 11.7 Å². The zero-order valence-electron chi connectivity index (χ0n) is 9.18. The van der Waals surface area contributed by atoms with Crippen LogP contribution < -0.4 is 0 Å². The SMILES string of the molecule is O=C1OC(=O)c2nc3c(F)c4nsnc4c(F)c3nc21. The van der Waals surface area contributed by atoms with Crippen molar-refractivity contribution in [3.05, 3.63) is 23.0 Å². The van der Waals surface area contributed by atoms with Crippen molar-refractivity contribution in [1.29, 1.82) is 0 Å². The number of benzene rings is 1. The lowest BCUT2D eigenvalue weighted by molar-refractivity contribution is 0.0439. The molecule has 0 saturated carbocycles. The number of hydrogen-bond donors (Lipinski definition) is 0. The van der Waals surface area contributed by atoms with Crippen molar-refractivity contribution in [3.63, 3.8) is 0 Å². The quantitative estimate of drug-likeness (QED) is 0.454. The molecule has 20 heavy (non-hydrogen) atoms. The molecule has 7 nitrogen and oxygen atoms in total. The van der Waals surface area contributed by atoms with Gasteiger partial charge in [-0.05, 0) is 0 Å². The molecule has 0 fully saturated rings. The number of fused-ring (bicyclic) bond motifs is 3. The van der Waals surface area contributed by atoms with Gasteiger partial charge in [-0.1, -0.05) is 0 Å². The fourth-order valence-electron chi connectivity index (χ4n) is 1.91. The van der Waals surface area contributed by atoms with Crippen molar-refractivity contribution < 1.29 is 23.1 Å². The molecule has 3 heterocycles. The Kier molecular flexibility index (Phi) is 1.95. The van der Waals surface area contributed by atoms with E-state index in [0.717, 1.165) is 0 Å². The molecule has 1 aliphatic rings. The van der Waals surface area contributed by atoms with Gasteiger partial charge in [0.05, 0.1) is 11.7 Å². The van der Waals surface area contributed by atoms with Gasteiger partial charge in [0.2, 0.25) is 0 Å². The molecule has 0 unspecified atom stereocenters. The van der Waals surface area contributed by atoms with Crippen LogP contribution in [0.1, 0.15) is 21.0 Å². The average molecular weight is 294 g/mol. The minimum Gasteiger partial charge on any atom is -0.383 e. The number of hydrogen-bond acceptors (Lipinski definition) is 8. The highest BCUT2D eigenvalue weighted by Crippen LogP contribution is 2.29. The Balaban J connectivity index is 2.25. The second-order valence-electron chi connectivity index (χ2n) is 3.88. The first-order chi connectivity index (χ1) is 9.58. The highest BCUT2D eigenvalue weighted by atomic mass is 32.1. The third-order valence-electron chi connectivity index (χ3n) is 2.79. The molecular weight excluding hydrogens is 294 g/mol. The number of esters is 2. The smallest absolute Gasteiger partial charge is 0.367 e. The van der Waals surface area contributed by atoms with Crippen LogP contribution in [0.2, 0.25) is 0 Å². The molecule has 0 amide bonds. The predicted molar refractivity (Wildman–Crippen MR) is 60.2 cm³/mol. The lowest BCUT2D eigenvalue weighted by Gasteiger charge is -2.01. The summed E-state index contributed by atoms with van der Waals surface area (Å²) in [6, 6.07) is 0. The molecule has 0 atom stereocenters. The first-order valence-corrected chi connectivity index (χ1v) is 5.88. The number of halogens is 2. The molecule has 98 valence electrons.